The summed E-state index contributed by atoms with van der Waals surface area (Å²) in [6.45, 7) is 3.10. The Labute approximate surface area is 113 Å². The van der Waals surface area contributed by atoms with E-state index in [9.17, 15) is 0 Å². The second-order valence-electron chi connectivity index (χ2n) is 3.71. The van der Waals surface area contributed by atoms with E-state index in [1.807, 2.05) is 23.8 Å². The number of hydrazine groups is 1. The molecule has 0 saturated heterocycles. The van der Waals surface area contributed by atoms with Crippen LogP contribution >= 0.6 is 27.3 Å². The zero-order valence-corrected chi connectivity index (χ0v) is 12.0. The van der Waals surface area contributed by atoms with E-state index in [0.717, 1.165) is 28.1 Å². The average Bonchev–Trinajstić information content (AvgIpc) is 2.92. The van der Waals surface area contributed by atoms with Crippen molar-refractivity contribution in [3.05, 3.63) is 39.0 Å². The van der Waals surface area contributed by atoms with Crippen LogP contribution in [0.15, 0.2) is 28.3 Å². The Morgan fingerprint density at radius 3 is 3.06 bits per heavy atom. The Hall–Kier alpha value is -0.690. The van der Waals surface area contributed by atoms with Gasteiger partial charge in [-0.25, -0.2) is 10.4 Å². The number of nitrogens with zero attached hydrogens (tertiary/aromatic N) is 2. The summed E-state index contributed by atoms with van der Waals surface area (Å²) in [4.78, 5) is 5.56. The molecular weight excluding hydrogens is 300 g/mol. The Balaban J connectivity index is 2.35. The van der Waals surface area contributed by atoms with Gasteiger partial charge in [0.05, 0.1) is 0 Å². The van der Waals surface area contributed by atoms with Crippen LogP contribution < -0.4 is 11.3 Å². The van der Waals surface area contributed by atoms with E-state index in [-0.39, 0.29) is 6.04 Å². The highest BCUT2D eigenvalue weighted by atomic mass is 79.9. The van der Waals surface area contributed by atoms with Crippen LogP contribution in [0.4, 0.5) is 0 Å². The quantitative estimate of drug-likeness (QED) is 0.659. The lowest BCUT2D eigenvalue weighted by molar-refractivity contribution is 0.550. The van der Waals surface area contributed by atoms with Crippen molar-refractivity contribution in [2.75, 3.05) is 0 Å². The average molecular weight is 315 g/mol. The van der Waals surface area contributed by atoms with Gasteiger partial charge in [-0.2, -0.15) is 0 Å². The number of hydrogen-bond acceptors (Lipinski definition) is 4. The minimum absolute atomic E-state index is 0.0640. The predicted octanol–water partition coefficient (Wildman–Crippen LogP) is 2.67. The van der Waals surface area contributed by atoms with Crippen molar-refractivity contribution in [2.24, 2.45) is 5.84 Å². The van der Waals surface area contributed by atoms with Crippen molar-refractivity contribution in [2.45, 2.75) is 25.9 Å². The maximum Gasteiger partial charge on any atom is 0.132 e. The first-order chi connectivity index (χ1) is 8.27. The van der Waals surface area contributed by atoms with E-state index in [1.54, 1.807) is 11.3 Å². The molecule has 2 heterocycles. The van der Waals surface area contributed by atoms with Crippen molar-refractivity contribution in [1.82, 2.24) is 15.0 Å². The smallest absolute Gasteiger partial charge is 0.132 e. The number of thiophene rings is 1. The van der Waals surface area contributed by atoms with Gasteiger partial charge in [-0.1, -0.05) is 6.92 Å². The van der Waals surface area contributed by atoms with Crippen LogP contribution in [0.3, 0.4) is 0 Å². The molecule has 0 spiro atoms. The van der Waals surface area contributed by atoms with Crippen molar-refractivity contribution in [3.8, 4) is 0 Å². The largest absolute Gasteiger partial charge is 0.333 e. The number of hydrogen-bond donors (Lipinski definition) is 2. The minimum Gasteiger partial charge on any atom is -0.333 e. The van der Waals surface area contributed by atoms with Crippen LogP contribution in [0, 0.1) is 0 Å². The molecule has 6 heteroatoms. The highest BCUT2D eigenvalue weighted by Crippen LogP contribution is 2.32. The van der Waals surface area contributed by atoms with Gasteiger partial charge in [0.2, 0.25) is 0 Å². The molecule has 0 bridgehead atoms. The molecule has 0 aliphatic rings. The van der Waals surface area contributed by atoms with Gasteiger partial charge in [0.1, 0.15) is 11.9 Å². The van der Waals surface area contributed by atoms with Gasteiger partial charge in [-0.15, -0.1) is 11.3 Å². The summed E-state index contributed by atoms with van der Waals surface area (Å²) >= 11 is 5.20. The van der Waals surface area contributed by atoms with Gasteiger partial charge < -0.3 is 4.57 Å². The van der Waals surface area contributed by atoms with E-state index < -0.39 is 0 Å². The Kier molecular flexibility index (Phi) is 4.33. The topological polar surface area (TPSA) is 55.9 Å². The molecule has 0 fully saturated rings. The molecule has 2 rings (SSSR count). The van der Waals surface area contributed by atoms with Crippen LogP contribution in [-0.4, -0.2) is 9.55 Å². The van der Waals surface area contributed by atoms with Crippen LogP contribution in [0.2, 0.25) is 0 Å². The third-order valence-corrected chi connectivity index (χ3v) is 4.48. The van der Waals surface area contributed by atoms with Crippen molar-refractivity contribution < 1.29 is 0 Å². The van der Waals surface area contributed by atoms with Gasteiger partial charge in [-0.05, 0) is 33.8 Å². The van der Waals surface area contributed by atoms with Gasteiger partial charge in [-0.3, -0.25) is 5.84 Å². The molecule has 4 nitrogen and oxygen atoms in total. The fourth-order valence-corrected chi connectivity index (χ4v) is 3.45. The standard InChI is InChI=1S/C11H15BrN4S/c1-2-5-16-6-4-14-11(16)9(15-13)10-8(12)3-7-17-10/h3-4,6-7,9,15H,2,5,13H2,1H3. The van der Waals surface area contributed by atoms with Crippen LogP contribution in [0.25, 0.3) is 0 Å². The Bertz CT molecular complexity index is 479. The predicted molar refractivity (Wildman–Crippen MR) is 73.7 cm³/mol. The number of nitrogens with one attached hydrogen (secondary N) is 1. The lowest BCUT2D eigenvalue weighted by Gasteiger charge is -2.16. The molecule has 0 radical (unpaired) electrons. The summed E-state index contributed by atoms with van der Waals surface area (Å²) in [6, 6.07) is 1.96. The van der Waals surface area contributed by atoms with E-state index >= 15 is 0 Å². The van der Waals surface area contributed by atoms with Crippen molar-refractivity contribution in [3.63, 3.8) is 0 Å². The fourth-order valence-electron chi connectivity index (χ4n) is 1.79. The molecule has 3 N–H and O–H groups in total. The SMILES string of the molecule is CCCn1ccnc1C(NN)c1sccc1Br. The minimum atomic E-state index is -0.0640. The molecule has 0 aliphatic carbocycles. The highest BCUT2D eigenvalue weighted by molar-refractivity contribution is 9.10. The molecule has 0 saturated carbocycles. The number of rotatable bonds is 5. The number of imidazole rings is 1. The zero-order valence-electron chi connectivity index (χ0n) is 9.56. The molecule has 2 aromatic heterocycles. The molecule has 92 valence electrons. The molecule has 0 aromatic carbocycles. The van der Waals surface area contributed by atoms with Crippen molar-refractivity contribution >= 4 is 27.3 Å². The fraction of sp³-hybridized carbons (Fsp3) is 0.364. The lowest BCUT2D eigenvalue weighted by Crippen LogP contribution is -2.30. The number of nitrogens with two attached hydrogens (primary N) is 1. The van der Waals surface area contributed by atoms with Gasteiger partial charge in [0, 0.05) is 28.3 Å². The van der Waals surface area contributed by atoms with Crippen LogP contribution in [-0.2, 0) is 6.54 Å². The van der Waals surface area contributed by atoms with Crippen LogP contribution in [0.5, 0.6) is 0 Å². The second-order valence-corrected chi connectivity index (χ2v) is 5.51. The first-order valence-electron chi connectivity index (χ1n) is 5.48. The Morgan fingerprint density at radius 2 is 2.47 bits per heavy atom. The number of aryl methyl sites for hydroxylation is 1. The highest BCUT2D eigenvalue weighted by Gasteiger charge is 2.20. The van der Waals surface area contributed by atoms with Gasteiger partial charge in [0.25, 0.3) is 0 Å². The normalized spacial score (nSPS) is 12.9. The summed E-state index contributed by atoms with van der Waals surface area (Å²) in [6.07, 6.45) is 4.88. The first kappa shape index (κ1) is 12.8. The second kappa shape index (κ2) is 5.77. The van der Waals surface area contributed by atoms with E-state index in [2.05, 4.69) is 37.8 Å². The lowest BCUT2D eigenvalue weighted by atomic mass is 10.2. The summed E-state index contributed by atoms with van der Waals surface area (Å²) in [5.74, 6) is 6.63. The molecule has 17 heavy (non-hydrogen) atoms. The molecule has 1 atom stereocenters. The maximum absolute atomic E-state index is 5.67. The number of aromatic nitrogens is 2. The summed E-state index contributed by atoms with van der Waals surface area (Å²) in [5.41, 5.74) is 2.84. The van der Waals surface area contributed by atoms with Gasteiger partial charge in [0.15, 0.2) is 0 Å². The summed E-state index contributed by atoms with van der Waals surface area (Å²) in [5, 5.41) is 2.04. The van der Waals surface area contributed by atoms with E-state index in [0.29, 0.717) is 0 Å². The molecule has 2 aromatic rings. The first-order valence-corrected chi connectivity index (χ1v) is 7.15. The third kappa shape index (κ3) is 2.60. The van der Waals surface area contributed by atoms with Gasteiger partial charge >= 0.3 is 0 Å². The van der Waals surface area contributed by atoms with E-state index in [4.69, 9.17) is 5.84 Å². The summed E-state index contributed by atoms with van der Waals surface area (Å²) < 4.78 is 3.20. The zero-order chi connectivity index (χ0) is 12.3. The molecule has 0 aliphatic heterocycles. The monoisotopic (exact) mass is 314 g/mol. The van der Waals surface area contributed by atoms with Crippen molar-refractivity contribution in [1.29, 1.82) is 0 Å². The summed E-state index contributed by atoms with van der Waals surface area (Å²) in [7, 11) is 0. The molecular formula is C11H15BrN4S. The van der Waals surface area contributed by atoms with E-state index in [1.165, 1.54) is 0 Å². The molecule has 1 unspecified atom stereocenters. The Morgan fingerprint density at radius 1 is 1.65 bits per heavy atom. The maximum atomic E-state index is 5.67. The molecule has 0 amide bonds. The van der Waals surface area contributed by atoms with Crippen LogP contribution in [0.1, 0.15) is 30.1 Å². The number of halogens is 1. The third-order valence-electron chi connectivity index (χ3n) is 2.54.